The Hall–Kier alpha value is -0.240. The van der Waals surface area contributed by atoms with Crippen LogP contribution in [0, 0.1) is 0 Å². The maximum atomic E-state index is 9.41. The van der Waals surface area contributed by atoms with Gasteiger partial charge >= 0.3 is 0 Å². The second-order valence-corrected chi connectivity index (χ2v) is 4.50. The normalized spacial score (nSPS) is 32.7. The van der Waals surface area contributed by atoms with Gasteiger partial charge in [-0.2, -0.15) is 0 Å². The van der Waals surface area contributed by atoms with Crippen molar-refractivity contribution in [2.24, 2.45) is 0 Å². The first kappa shape index (κ1) is 15.8. The van der Waals surface area contributed by atoms with E-state index in [-0.39, 0.29) is 13.2 Å². The van der Waals surface area contributed by atoms with E-state index < -0.39 is 24.8 Å². The fourth-order valence-corrected chi connectivity index (χ4v) is 1.74. The minimum absolute atomic E-state index is 0.0618. The molecule has 0 spiro atoms. The molecule has 3 N–H and O–H groups in total. The monoisotopic (exact) mass is 264 g/mol. The standard InChI is InChI=1S/C12H24O6/c1-2-3-4-5-6-16-8-17-10-7-9(13)11(14)12(15)18-10/h9-15H,2-8H2,1H3/t9-,10?,11+,12?/m0/s1. The third-order valence-corrected chi connectivity index (χ3v) is 2.89. The quantitative estimate of drug-likeness (QED) is 0.433. The van der Waals surface area contributed by atoms with Crippen LogP contribution in [0.4, 0.5) is 0 Å². The molecule has 1 fully saturated rings. The van der Waals surface area contributed by atoms with E-state index in [1.807, 2.05) is 0 Å². The van der Waals surface area contributed by atoms with E-state index >= 15 is 0 Å². The summed E-state index contributed by atoms with van der Waals surface area (Å²) in [6.07, 6.45) is 0.168. The van der Waals surface area contributed by atoms with Crippen LogP contribution in [-0.2, 0) is 14.2 Å². The summed E-state index contributed by atoms with van der Waals surface area (Å²) < 4.78 is 15.4. The van der Waals surface area contributed by atoms with Crippen molar-refractivity contribution >= 4 is 0 Å². The van der Waals surface area contributed by atoms with Crippen molar-refractivity contribution in [3.8, 4) is 0 Å². The SMILES string of the molecule is CCCCCCOCOC1C[C@H](O)[C@@H](O)C(O)O1. The number of hydrogen-bond donors (Lipinski definition) is 3. The van der Waals surface area contributed by atoms with Crippen molar-refractivity contribution in [1.29, 1.82) is 0 Å². The highest BCUT2D eigenvalue weighted by molar-refractivity contribution is 4.76. The summed E-state index contributed by atoms with van der Waals surface area (Å²) in [5.74, 6) is 0. The maximum Gasteiger partial charge on any atom is 0.186 e. The Kier molecular flexibility index (Phi) is 7.73. The number of ether oxygens (including phenoxy) is 3. The van der Waals surface area contributed by atoms with Crippen LogP contribution in [0.25, 0.3) is 0 Å². The summed E-state index contributed by atoms with van der Waals surface area (Å²) in [7, 11) is 0. The van der Waals surface area contributed by atoms with Gasteiger partial charge in [-0.1, -0.05) is 26.2 Å². The lowest BCUT2D eigenvalue weighted by molar-refractivity contribution is -0.318. The van der Waals surface area contributed by atoms with Crippen LogP contribution in [0.2, 0.25) is 0 Å². The second kappa shape index (κ2) is 8.79. The lowest BCUT2D eigenvalue weighted by atomic mass is 10.1. The highest BCUT2D eigenvalue weighted by Crippen LogP contribution is 2.19. The molecule has 0 radical (unpaired) electrons. The molecule has 1 rings (SSSR count). The molecule has 0 bridgehead atoms. The van der Waals surface area contributed by atoms with Crippen LogP contribution in [0.15, 0.2) is 0 Å². The van der Waals surface area contributed by atoms with Gasteiger partial charge in [0.1, 0.15) is 12.9 Å². The molecule has 6 nitrogen and oxygen atoms in total. The van der Waals surface area contributed by atoms with Crippen molar-refractivity contribution in [3.05, 3.63) is 0 Å². The first-order valence-electron chi connectivity index (χ1n) is 6.54. The van der Waals surface area contributed by atoms with E-state index in [0.717, 1.165) is 12.8 Å². The lowest BCUT2D eigenvalue weighted by Gasteiger charge is -2.33. The summed E-state index contributed by atoms with van der Waals surface area (Å²) >= 11 is 0. The zero-order chi connectivity index (χ0) is 13.4. The predicted molar refractivity (Wildman–Crippen MR) is 63.6 cm³/mol. The van der Waals surface area contributed by atoms with Crippen molar-refractivity contribution in [3.63, 3.8) is 0 Å². The molecule has 0 amide bonds. The van der Waals surface area contributed by atoms with Gasteiger partial charge in [0.05, 0.1) is 6.10 Å². The number of unbranched alkanes of at least 4 members (excludes halogenated alkanes) is 3. The Balaban J connectivity index is 2.02. The van der Waals surface area contributed by atoms with E-state index in [1.165, 1.54) is 12.8 Å². The smallest absolute Gasteiger partial charge is 0.186 e. The van der Waals surface area contributed by atoms with Crippen LogP contribution >= 0.6 is 0 Å². The molecule has 1 heterocycles. The minimum atomic E-state index is -1.41. The molecule has 2 unspecified atom stereocenters. The van der Waals surface area contributed by atoms with Gasteiger partial charge in [0.25, 0.3) is 0 Å². The van der Waals surface area contributed by atoms with Gasteiger partial charge in [-0.3, -0.25) is 0 Å². The molecule has 0 aliphatic carbocycles. The zero-order valence-corrected chi connectivity index (χ0v) is 10.8. The van der Waals surface area contributed by atoms with Crippen molar-refractivity contribution in [1.82, 2.24) is 0 Å². The minimum Gasteiger partial charge on any atom is -0.390 e. The average Bonchev–Trinajstić information content (AvgIpc) is 2.34. The highest BCUT2D eigenvalue weighted by Gasteiger charge is 2.35. The molecular formula is C12H24O6. The molecule has 0 aromatic heterocycles. The highest BCUT2D eigenvalue weighted by atomic mass is 16.8. The first-order valence-corrected chi connectivity index (χ1v) is 6.54. The van der Waals surface area contributed by atoms with Gasteiger partial charge in [-0.15, -0.1) is 0 Å². The van der Waals surface area contributed by atoms with Crippen LogP contribution < -0.4 is 0 Å². The molecule has 18 heavy (non-hydrogen) atoms. The molecule has 0 aromatic carbocycles. The molecular weight excluding hydrogens is 240 g/mol. The largest absolute Gasteiger partial charge is 0.390 e. The average molecular weight is 264 g/mol. The third kappa shape index (κ3) is 5.60. The van der Waals surface area contributed by atoms with Crippen LogP contribution in [0.1, 0.15) is 39.0 Å². The Morgan fingerprint density at radius 3 is 2.61 bits per heavy atom. The zero-order valence-electron chi connectivity index (χ0n) is 10.8. The summed E-state index contributed by atoms with van der Waals surface area (Å²) in [5, 5.41) is 27.9. The van der Waals surface area contributed by atoms with E-state index in [9.17, 15) is 15.3 Å². The third-order valence-electron chi connectivity index (χ3n) is 2.89. The van der Waals surface area contributed by atoms with E-state index in [1.54, 1.807) is 0 Å². The number of hydrogen-bond acceptors (Lipinski definition) is 6. The number of aliphatic hydroxyl groups is 3. The molecule has 1 saturated heterocycles. The van der Waals surface area contributed by atoms with E-state index in [4.69, 9.17) is 14.2 Å². The Morgan fingerprint density at radius 1 is 1.17 bits per heavy atom. The molecule has 0 aromatic rings. The Bertz CT molecular complexity index is 201. The van der Waals surface area contributed by atoms with Gasteiger partial charge in [-0.25, -0.2) is 0 Å². The van der Waals surface area contributed by atoms with E-state index in [0.29, 0.717) is 6.61 Å². The van der Waals surface area contributed by atoms with Gasteiger partial charge < -0.3 is 29.5 Å². The first-order chi connectivity index (χ1) is 8.65. The fraction of sp³-hybridized carbons (Fsp3) is 1.00. The predicted octanol–water partition coefficient (Wildman–Crippen LogP) is 0.344. The molecule has 0 saturated carbocycles. The van der Waals surface area contributed by atoms with Crippen molar-refractivity contribution < 1.29 is 29.5 Å². The maximum absolute atomic E-state index is 9.41. The van der Waals surface area contributed by atoms with E-state index in [2.05, 4.69) is 6.92 Å². The molecule has 108 valence electrons. The summed E-state index contributed by atoms with van der Waals surface area (Å²) in [6.45, 7) is 2.84. The van der Waals surface area contributed by atoms with Crippen molar-refractivity contribution in [2.75, 3.05) is 13.4 Å². The summed E-state index contributed by atoms with van der Waals surface area (Å²) in [5.41, 5.74) is 0. The molecule has 4 atom stereocenters. The molecule has 6 heteroatoms. The van der Waals surface area contributed by atoms with Crippen LogP contribution in [-0.4, -0.2) is 53.5 Å². The topological polar surface area (TPSA) is 88.4 Å². The van der Waals surface area contributed by atoms with Gasteiger partial charge in [0, 0.05) is 13.0 Å². The number of aliphatic hydroxyl groups excluding tert-OH is 3. The number of rotatable bonds is 8. The lowest BCUT2D eigenvalue weighted by Crippen LogP contribution is -2.48. The second-order valence-electron chi connectivity index (χ2n) is 4.50. The molecule has 1 aliphatic rings. The van der Waals surface area contributed by atoms with Crippen LogP contribution in [0.3, 0.4) is 0 Å². The summed E-state index contributed by atoms with van der Waals surface area (Å²) in [6, 6.07) is 0. The Labute approximate surface area is 107 Å². The summed E-state index contributed by atoms with van der Waals surface area (Å²) in [4.78, 5) is 0. The van der Waals surface area contributed by atoms with Gasteiger partial charge in [0.2, 0.25) is 0 Å². The van der Waals surface area contributed by atoms with Gasteiger partial charge in [0.15, 0.2) is 12.6 Å². The van der Waals surface area contributed by atoms with Gasteiger partial charge in [-0.05, 0) is 6.42 Å². The van der Waals surface area contributed by atoms with Crippen molar-refractivity contribution in [2.45, 2.75) is 63.8 Å². The van der Waals surface area contributed by atoms with Crippen LogP contribution in [0.5, 0.6) is 0 Å². The molecule has 1 aliphatic heterocycles. The Morgan fingerprint density at radius 2 is 1.94 bits per heavy atom. The fourth-order valence-electron chi connectivity index (χ4n) is 1.74.